The number of anilines is 1. The zero-order valence-electron chi connectivity index (χ0n) is 11.0. The summed E-state index contributed by atoms with van der Waals surface area (Å²) in [6.45, 7) is 6.26. The molecule has 0 bridgehead atoms. The smallest absolute Gasteiger partial charge is 0.168 e. The number of pyridine rings is 1. The van der Waals surface area contributed by atoms with Crippen LogP contribution in [-0.4, -0.2) is 36.1 Å². The van der Waals surface area contributed by atoms with Crippen LogP contribution in [-0.2, 0) is 0 Å². The molecule has 1 atom stereocenters. The lowest BCUT2D eigenvalue weighted by molar-refractivity contribution is 0.174. The number of hydrogen-bond acceptors (Lipinski definition) is 4. The summed E-state index contributed by atoms with van der Waals surface area (Å²) in [5, 5.41) is 3.26. The van der Waals surface area contributed by atoms with E-state index < -0.39 is 0 Å². The van der Waals surface area contributed by atoms with Crippen LogP contribution in [0.25, 0.3) is 0 Å². The molecule has 0 aliphatic carbocycles. The first-order chi connectivity index (χ1) is 8.84. The third-order valence-corrected chi connectivity index (χ3v) is 3.95. The van der Waals surface area contributed by atoms with Gasteiger partial charge in [-0.15, -0.1) is 0 Å². The highest BCUT2D eigenvalue weighted by molar-refractivity contribution is 5.52. The Morgan fingerprint density at radius 2 is 2.17 bits per heavy atom. The molecule has 3 rings (SSSR count). The minimum Gasteiger partial charge on any atom is -0.488 e. The number of piperidine rings is 1. The highest BCUT2D eigenvalue weighted by atomic mass is 16.5. The van der Waals surface area contributed by atoms with Crippen molar-refractivity contribution in [3.63, 3.8) is 0 Å². The van der Waals surface area contributed by atoms with Gasteiger partial charge in [0.15, 0.2) is 11.6 Å². The van der Waals surface area contributed by atoms with E-state index in [1.807, 2.05) is 6.20 Å². The van der Waals surface area contributed by atoms with Gasteiger partial charge in [-0.25, -0.2) is 4.98 Å². The molecule has 4 nitrogen and oxygen atoms in total. The van der Waals surface area contributed by atoms with Gasteiger partial charge < -0.3 is 10.1 Å². The summed E-state index contributed by atoms with van der Waals surface area (Å²) in [5.41, 5.74) is 1.26. The standard InChI is InChI=1S/C14H21N3O/c1-11(17-6-3-2-4-7-17)12-9-13-14(16-10-12)15-5-8-18-13/h9-11H,2-8H2,1H3,(H,15,16)/t11-/m0/s1. The van der Waals surface area contributed by atoms with E-state index >= 15 is 0 Å². The van der Waals surface area contributed by atoms with E-state index in [-0.39, 0.29) is 0 Å². The van der Waals surface area contributed by atoms with Gasteiger partial charge in [0.2, 0.25) is 0 Å². The molecule has 1 fully saturated rings. The molecule has 0 aromatic carbocycles. The summed E-state index contributed by atoms with van der Waals surface area (Å²) >= 11 is 0. The maximum absolute atomic E-state index is 5.66. The summed E-state index contributed by atoms with van der Waals surface area (Å²) in [7, 11) is 0. The number of rotatable bonds is 2. The Bertz CT molecular complexity index is 416. The second kappa shape index (κ2) is 5.14. The van der Waals surface area contributed by atoms with Gasteiger partial charge in [-0.2, -0.15) is 0 Å². The largest absolute Gasteiger partial charge is 0.488 e. The van der Waals surface area contributed by atoms with Crippen LogP contribution in [0.3, 0.4) is 0 Å². The highest BCUT2D eigenvalue weighted by Crippen LogP contribution is 2.30. The summed E-state index contributed by atoms with van der Waals surface area (Å²) in [5.74, 6) is 1.79. The Kier molecular flexibility index (Phi) is 3.37. The summed E-state index contributed by atoms with van der Waals surface area (Å²) in [6, 6.07) is 2.59. The summed E-state index contributed by atoms with van der Waals surface area (Å²) in [6.07, 6.45) is 6.00. The summed E-state index contributed by atoms with van der Waals surface area (Å²) in [4.78, 5) is 7.02. The molecule has 98 valence electrons. The van der Waals surface area contributed by atoms with Gasteiger partial charge in [-0.05, 0) is 44.5 Å². The highest BCUT2D eigenvalue weighted by Gasteiger charge is 2.20. The number of hydrogen-bond donors (Lipinski definition) is 1. The molecule has 0 radical (unpaired) electrons. The molecule has 1 N–H and O–H groups in total. The van der Waals surface area contributed by atoms with Gasteiger partial charge >= 0.3 is 0 Å². The molecule has 3 heterocycles. The van der Waals surface area contributed by atoms with E-state index in [0.29, 0.717) is 6.04 Å². The number of aromatic nitrogens is 1. The fourth-order valence-electron chi connectivity index (χ4n) is 2.78. The molecule has 2 aliphatic rings. The minimum absolute atomic E-state index is 0.439. The summed E-state index contributed by atoms with van der Waals surface area (Å²) < 4.78 is 5.66. The lowest BCUT2D eigenvalue weighted by Gasteiger charge is -2.32. The van der Waals surface area contributed by atoms with Crippen molar-refractivity contribution >= 4 is 5.82 Å². The van der Waals surface area contributed by atoms with E-state index in [9.17, 15) is 0 Å². The van der Waals surface area contributed by atoms with Crippen molar-refractivity contribution in [2.75, 3.05) is 31.6 Å². The van der Waals surface area contributed by atoms with Crippen LogP contribution in [0.2, 0.25) is 0 Å². The van der Waals surface area contributed by atoms with Crippen molar-refractivity contribution in [3.8, 4) is 5.75 Å². The van der Waals surface area contributed by atoms with Crippen molar-refractivity contribution in [2.45, 2.75) is 32.2 Å². The second-order valence-corrected chi connectivity index (χ2v) is 5.16. The quantitative estimate of drug-likeness (QED) is 0.871. The van der Waals surface area contributed by atoms with Crippen molar-refractivity contribution in [2.24, 2.45) is 0 Å². The van der Waals surface area contributed by atoms with Gasteiger partial charge in [-0.3, -0.25) is 4.90 Å². The first-order valence-corrected chi connectivity index (χ1v) is 6.95. The molecule has 1 saturated heterocycles. The third kappa shape index (κ3) is 2.29. The van der Waals surface area contributed by atoms with E-state index in [1.54, 1.807) is 0 Å². The first-order valence-electron chi connectivity index (χ1n) is 6.95. The molecular weight excluding hydrogens is 226 g/mol. The molecule has 2 aliphatic heterocycles. The number of nitrogens with zero attached hydrogens (tertiary/aromatic N) is 2. The number of fused-ring (bicyclic) bond motifs is 1. The Morgan fingerprint density at radius 3 is 3.00 bits per heavy atom. The predicted molar refractivity (Wildman–Crippen MR) is 72.1 cm³/mol. The van der Waals surface area contributed by atoms with Crippen molar-refractivity contribution in [3.05, 3.63) is 17.8 Å². The van der Waals surface area contributed by atoms with Crippen LogP contribution in [0.15, 0.2) is 12.3 Å². The van der Waals surface area contributed by atoms with E-state index in [1.165, 1.54) is 37.9 Å². The zero-order valence-corrected chi connectivity index (χ0v) is 11.0. The van der Waals surface area contributed by atoms with Crippen LogP contribution in [0, 0.1) is 0 Å². The third-order valence-electron chi connectivity index (χ3n) is 3.95. The maximum Gasteiger partial charge on any atom is 0.168 e. The van der Waals surface area contributed by atoms with E-state index in [2.05, 4.69) is 28.2 Å². The fourth-order valence-corrected chi connectivity index (χ4v) is 2.78. The predicted octanol–water partition coefficient (Wildman–Crippen LogP) is 2.43. The average molecular weight is 247 g/mol. The van der Waals surface area contributed by atoms with Gasteiger partial charge in [0, 0.05) is 12.2 Å². The molecular formula is C14H21N3O. The monoisotopic (exact) mass is 247 g/mol. The molecule has 0 saturated carbocycles. The molecule has 0 unspecified atom stereocenters. The minimum atomic E-state index is 0.439. The number of nitrogens with one attached hydrogen (secondary N) is 1. The van der Waals surface area contributed by atoms with E-state index in [0.717, 1.165) is 24.7 Å². The second-order valence-electron chi connectivity index (χ2n) is 5.16. The molecule has 4 heteroatoms. The van der Waals surface area contributed by atoms with Crippen LogP contribution in [0.4, 0.5) is 5.82 Å². The first kappa shape index (κ1) is 11.8. The Labute approximate surface area is 108 Å². The van der Waals surface area contributed by atoms with Crippen LogP contribution < -0.4 is 10.1 Å². The van der Waals surface area contributed by atoms with Gasteiger partial charge in [-0.1, -0.05) is 6.42 Å². The van der Waals surface area contributed by atoms with Crippen LogP contribution in [0.5, 0.6) is 5.75 Å². The van der Waals surface area contributed by atoms with Crippen LogP contribution >= 0.6 is 0 Å². The van der Waals surface area contributed by atoms with Crippen molar-refractivity contribution in [1.82, 2.24) is 9.88 Å². The Morgan fingerprint density at radius 1 is 1.33 bits per heavy atom. The number of ether oxygens (including phenoxy) is 1. The SMILES string of the molecule is C[C@@H](c1cnc2c(c1)OCCN2)N1CCCCC1. The molecule has 18 heavy (non-hydrogen) atoms. The molecule has 1 aromatic heterocycles. The lowest BCUT2D eigenvalue weighted by atomic mass is 10.0. The molecule has 0 spiro atoms. The Hall–Kier alpha value is -1.29. The molecule has 0 amide bonds. The van der Waals surface area contributed by atoms with Crippen molar-refractivity contribution < 1.29 is 4.74 Å². The lowest BCUT2D eigenvalue weighted by Crippen LogP contribution is -2.32. The Balaban J connectivity index is 1.78. The molecule has 1 aromatic rings. The van der Waals surface area contributed by atoms with Gasteiger partial charge in [0.25, 0.3) is 0 Å². The topological polar surface area (TPSA) is 37.4 Å². The van der Waals surface area contributed by atoms with E-state index in [4.69, 9.17) is 4.74 Å². The maximum atomic E-state index is 5.66. The number of likely N-dealkylation sites (tertiary alicyclic amines) is 1. The fraction of sp³-hybridized carbons (Fsp3) is 0.643. The van der Waals surface area contributed by atoms with Gasteiger partial charge in [0.05, 0.1) is 6.54 Å². The average Bonchev–Trinajstić information content (AvgIpc) is 2.47. The van der Waals surface area contributed by atoms with Crippen molar-refractivity contribution in [1.29, 1.82) is 0 Å². The van der Waals surface area contributed by atoms with Gasteiger partial charge in [0.1, 0.15) is 6.61 Å². The zero-order chi connectivity index (χ0) is 12.4. The normalized spacial score (nSPS) is 21.6. The van der Waals surface area contributed by atoms with Crippen LogP contribution in [0.1, 0.15) is 37.8 Å².